The molecule has 1 aromatic heterocycles. The summed E-state index contributed by atoms with van der Waals surface area (Å²) in [6.07, 6.45) is 7.24. The minimum absolute atomic E-state index is 0.0506. The van der Waals surface area contributed by atoms with Crippen molar-refractivity contribution in [2.45, 2.75) is 74.5 Å². The van der Waals surface area contributed by atoms with Crippen molar-refractivity contribution in [1.82, 2.24) is 15.2 Å². The lowest BCUT2D eigenvalue weighted by Crippen LogP contribution is -2.33. The van der Waals surface area contributed by atoms with Gasteiger partial charge in [0, 0.05) is 28.4 Å². The summed E-state index contributed by atoms with van der Waals surface area (Å²) in [6, 6.07) is 12.2. The second-order valence-electron chi connectivity index (χ2n) is 8.86. The summed E-state index contributed by atoms with van der Waals surface area (Å²) in [7, 11) is 0. The Balaban J connectivity index is 1.47. The first-order valence-electron chi connectivity index (χ1n) is 12.0. The molecule has 3 aromatic rings. The second kappa shape index (κ2) is 11.9. The summed E-state index contributed by atoms with van der Waals surface area (Å²) in [4.78, 5) is 20.0. The van der Waals surface area contributed by atoms with E-state index in [0.717, 1.165) is 41.3 Å². The van der Waals surface area contributed by atoms with Gasteiger partial charge < -0.3 is 4.74 Å². The van der Waals surface area contributed by atoms with Crippen molar-refractivity contribution in [3.05, 3.63) is 58.0 Å². The topological polar surface area (TPSA) is 80.2 Å². The molecule has 4 rings (SSSR count). The average molecular weight is 576 g/mol. The van der Waals surface area contributed by atoms with E-state index in [2.05, 4.69) is 61.8 Å². The first kappa shape index (κ1) is 24.8. The molecule has 180 valence electrons. The summed E-state index contributed by atoms with van der Waals surface area (Å²) in [6.45, 7) is 2.19. The molecule has 0 aliphatic heterocycles. The Morgan fingerprint density at radius 3 is 2.88 bits per heavy atom. The first-order chi connectivity index (χ1) is 16.5. The zero-order valence-electron chi connectivity index (χ0n) is 19.3. The van der Waals surface area contributed by atoms with E-state index >= 15 is 0 Å². The minimum atomic E-state index is -0.891. The van der Waals surface area contributed by atoms with Gasteiger partial charge in [0.05, 0.1) is 5.69 Å². The van der Waals surface area contributed by atoms with Crippen LogP contribution in [0.15, 0.2) is 46.2 Å². The van der Waals surface area contributed by atoms with Crippen LogP contribution in [-0.2, 0) is 6.42 Å². The molecule has 0 amide bonds. The number of ether oxygens (including phenoxy) is 1. The van der Waals surface area contributed by atoms with Gasteiger partial charge in [-0.2, -0.15) is 0 Å². The molecule has 0 radical (unpaired) electrons. The quantitative estimate of drug-likeness (QED) is 0.141. The molecule has 3 atom stereocenters. The molecule has 0 saturated heterocycles. The number of H-pyrrole nitrogens is 1. The van der Waals surface area contributed by atoms with E-state index in [9.17, 15) is 9.18 Å². The number of aliphatic imine (C=N–C) groups is 1. The number of hydrogen-bond acceptors (Lipinski definition) is 5. The number of halogens is 2. The molecule has 34 heavy (non-hydrogen) atoms. The minimum Gasteiger partial charge on any atom is -0.460 e. The van der Waals surface area contributed by atoms with Gasteiger partial charge in [0.1, 0.15) is 18.0 Å². The Bertz CT molecular complexity index is 1190. The molecule has 1 N–H and O–H groups in total. The summed E-state index contributed by atoms with van der Waals surface area (Å²) in [5, 5.41) is 10.3. The van der Waals surface area contributed by atoms with Crippen LogP contribution in [0.3, 0.4) is 0 Å². The van der Waals surface area contributed by atoms with Crippen molar-refractivity contribution < 1.29 is 9.13 Å². The molecule has 1 fully saturated rings. The zero-order chi connectivity index (χ0) is 23.9. The van der Waals surface area contributed by atoms with Gasteiger partial charge >= 0.3 is 6.01 Å². The SMILES string of the molecule is CCCCCC=Nc1cccc2ccc(Cc3nnc(OC4CC(F)CC(I)C4)[nH]c3=O)cc12. The van der Waals surface area contributed by atoms with E-state index < -0.39 is 6.17 Å². The maximum atomic E-state index is 13.8. The Hall–Kier alpha value is -2.36. The third-order valence-electron chi connectivity index (χ3n) is 6.03. The fraction of sp³-hybridized carbons (Fsp3) is 0.462. The van der Waals surface area contributed by atoms with Crippen LogP contribution in [0.2, 0.25) is 0 Å². The monoisotopic (exact) mass is 576 g/mol. The van der Waals surface area contributed by atoms with Crippen molar-refractivity contribution in [3.8, 4) is 6.01 Å². The lowest BCUT2D eigenvalue weighted by molar-refractivity contribution is 0.0985. The van der Waals surface area contributed by atoms with Gasteiger partial charge in [-0.15, -0.1) is 5.10 Å². The highest BCUT2D eigenvalue weighted by Crippen LogP contribution is 2.29. The maximum Gasteiger partial charge on any atom is 0.316 e. The lowest BCUT2D eigenvalue weighted by atomic mass is 9.96. The predicted molar refractivity (Wildman–Crippen MR) is 143 cm³/mol. The standard InChI is InChI=1S/C26H30FIN4O2/c1-2-3-4-5-11-29-23-8-6-7-18-10-9-17(12-22(18)23)13-24-25(33)30-26(32-31-24)34-21-15-19(27)14-20(28)16-21/h6-12,19-21H,2-5,13-16H2,1H3,(H,30,32,33). The number of rotatable bonds is 9. The fourth-order valence-electron chi connectivity index (χ4n) is 4.27. The Morgan fingerprint density at radius 1 is 1.21 bits per heavy atom. The molecule has 6 nitrogen and oxygen atoms in total. The molecule has 2 aromatic carbocycles. The highest BCUT2D eigenvalue weighted by Gasteiger charge is 2.29. The number of nitrogens with zero attached hydrogens (tertiary/aromatic N) is 3. The van der Waals surface area contributed by atoms with Gasteiger partial charge in [-0.1, -0.05) is 71.7 Å². The summed E-state index contributed by atoms with van der Waals surface area (Å²) < 4.78 is 19.8. The van der Waals surface area contributed by atoms with Crippen molar-refractivity contribution >= 4 is 45.3 Å². The molecule has 1 aliphatic carbocycles. The third-order valence-corrected chi connectivity index (χ3v) is 7.05. The van der Waals surface area contributed by atoms with Crippen molar-refractivity contribution in [2.75, 3.05) is 0 Å². The van der Waals surface area contributed by atoms with E-state index in [0.29, 0.717) is 25.0 Å². The summed E-state index contributed by atoms with van der Waals surface area (Å²) in [5.74, 6) is 0. The zero-order valence-corrected chi connectivity index (χ0v) is 21.5. The smallest absolute Gasteiger partial charge is 0.316 e. The molecular weight excluding hydrogens is 546 g/mol. The van der Waals surface area contributed by atoms with Crippen LogP contribution in [0.5, 0.6) is 6.01 Å². The first-order valence-corrected chi connectivity index (χ1v) is 13.2. The molecule has 3 unspecified atom stereocenters. The molecule has 8 heteroatoms. The highest BCUT2D eigenvalue weighted by molar-refractivity contribution is 14.1. The normalized spacial score (nSPS) is 20.7. The Labute approximate surface area is 212 Å². The molecule has 1 heterocycles. The molecule has 1 saturated carbocycles. The van der Waals surface area contributed by atoms with Crippen LogP contribution in [0.1, 0.15) is 63.1 Å². The number of nitrogens with one attached hydrogen (secondary N) is 1. The van der Waals surface area contributed by atoms with Crippen molar-refractivity contribution in [3.63, 3.8) is 0 Å². The van der Waals surface area contributed by atoms with Crippen LogP contribution < -0.4 is 10.3 Å². The molecular formula is C26H30FIN4O2. The van der Waals surface area contributed by atoms with Crippen molar-refractivity contribution in [1.29, 1.82) is 0 Å². The van der Waals surface area contributed by atoms with Crippen LogP contribution in [0.25, 0.3) is 10.8 Å². The van der Waals surface area contributed by atoms with Gasteiger partial charge in [0.15, 0.2) is 0 Å². The number of fused-ring (bicyclic) bond motifs is 1. The van der Waals surface area contributed by atoms with E-state index in [1.165, 1.54) is 12.8 Å². The fourth-order valence-corrected chi connectivity index (χ4v) is 5.39. The maximum absolute atomic E-state index is 13.8. The van der Waals surface area contributed by atoms with Gasteiger partial charge in [0.25, 0.3) is 5.56 Å². The van der Waals surface area contributed by atoms with Crippen LogP contribution in [-0.4, -0.2) is 37.6 Å². The average Bonchev–Trinajstić information content (AvgIpc) is 2.80. The van der Waals surface area contributed by atoms with Gasteiger partial charge in [-0.25, -0.2) is 4.39 Å². The Kier molecular flexibility index (Phi) is 8.64. The van der Waals surface area contributed by atoms with E-state index in [1.807, 2.05) is 30.5 Å². The molecule has 0 spiro atoms. The van der Waals surface area contributed by atoms with Gasteiger partial charge in [-0.05, 0) is 48.8 Å². The van der Waals surface area contributed by atoms with E-state index in [4.69, 9.17) is 4.74 Å². The largest absolute Gasteiger partial charge is 0.460 e. The van der Waals surface area contributed by atoms with Crippen LogP contribution in [0, 0.1) is 0 Å². The predicted octanol–water partition coefficient (Wildman–Crippen LogP) is 6.26. The second-order valence-corrected chi connectivity index (χ2v) is 10.6. The van der Waals surface area contributed by atoms with Crippen molar-refractivity contribution in [2.24, 2.45) is 4.99 Å². The number of alkyl halides is 2. The summed E-state index contributed by atoms with van der Waals surface area (Å²) >= 11 is 2.24. The number of unbranched alkanes of at least 4 members (excludes halogenated alkanes) is 3. The third kappa shape index (κ3) is 6.61. The summed E-state index contributed by atoms with van der Waals surface area (Å²) in [5.41, 5.74) is 1.85. The van der Waals surface area contributed by atoms with Gasteiger partial charge in [0.2, 0.25) is 0 Å². The lowest BCUT2D eigenvalue weighted by Gasteiger charge is -2.27. The van der Waals surface area contributed by atoms with E-state index in [-0.39, 0.29) is 21.6 Å². The number of hydrogen-bond donors (Lipinski definition) is 1. The number of aromatic amines is 1. The highest BCUT2D eigenvalue weighted by atomic mass is 127. The molecule has 1 aliphatic rings. The van der Waals surface area contributed by atoms with Crippen LogP contribution >= 0.6 is 22.6 Å². The van der Waals surface area contributed by atoms with E-state index in [1.54, 1.807) is 0 Å². The van der Waals surface area contributed by atoms with Gasteiger partial charge in [-0.3, -0.25) is 14.8 Å². The molecule has 0 bridgehead atoms. The number of aromatic nitrogens is 3. The Morgan fingerprint density at radius 2 is 2.09 bits per heavy atom. The number of benzene rings is 2. The van der Waals surface area contributed by atoms with Crippen LogP contribution in [0.4, 0.5) is 10.1 Å².